The number of ether oxygens (including phenoxy) is 2. The van der Waals surface area contributed by atoms with Crippen molar-refractivity contribution in [2.75, 3.05) is 19.5 Å². The summed E-state index contributed by atoms with van der Waals surface area (Å²) in [5.41, 5.74) is 2.18. The molecule has 31 heavy (non-hydrogen) atoms. The molecule has 1 heterocycles. The third kappa shape index (κ3) is 6.70. The van der Waals surface area contributed by atoms with Crippen molar-refractivity contribution in [3.05, 3.63) is 70.6 Å². The maximum Gasteiger partial charge on any atom is 0.223 e. The predicted molar refractivity (Wildman–Crippen MR) is 117 cm³/mol. The van der Waals surface area contributed by atoms with E-state index in [4.69, 9.17) is 21.1 Å². The fourth-order valence-corrected chi connectivity index (χ4v) is 3.77. The molecule has 0 saturated carbocycles. The summed E-state index contributed by atoms with van der Waals surface area (Å²) in [7, 11) is -0.937. The molecule has 0 fully saturated rings. The van der Waals surface area contributed by atoms with Crippen LogP contribution in [0.2, 0.25) is 5.28 Å². The summed E-state index contributed by atoms with van der Waals surface area (Å²) in [4.78, 5) is 7.47. The average Bonchev–Trinajstić information content (AvgIpc) is 2.69. The molecule has 1 aromatic heterocycles. The highest BCUT2D eigenvalue weighted by atomic mass is 35.5. The zero-order valence-corrected chi connectivity index (χ0v) is 18.6. The van der Waals surface area contributed by atoms with E-state index in [0.29, 0.717) is 24.5 Å². The molecule has 3 aromatic rings. The molecule has 3 rings (SSSR count). The minimum atomic E-state index is -0.937. The first-order valence-electron chi connectivity index (χ1n) is 9.46. The molecule has 2 aromatic carbocycles. The van der Waals surface area contributed by atoms with Crippen LogP contribution in [0.5, 0.6) is 11.5 Å². The van der Waals surface area contributed by atoms with Crippen LogP contribution in [0.4, 0.5) is 8.78 Å². The smallest absolute Gasteiger partial charge is 0.223 e. The van der Waals surface area contributed by atoms with Crippen molar-refractivity contribution >= 4 is 22.4 Å². The minimum absolute atomic E-state index is 0.0631. The van der Waals surface area contributed by atoms with E-state index in [-0.39, 0.29) is 28.9 Å². The predicted octanol–water partition coefficient (Wildman–Crippen LogP) is 5.11. The molecule has 0 bridgehead atoms. The lowest BCUT2D eigenvalue weighted by atomic mass is 10.1. The van der Waals surface area contributed by atoms with Crippen LogP contribution in [0.25, 0.3) is 11.3 Å². The van der Waals surface area contributed by atoms with Crippen molar-refractivity contribution in [2.45, 2.75) is 19.1 Å². The van der Waals surface area contributed by atoms with Gasteiger partial charge in [0.05, 0.1) is 19.4 Å². The number of hydrogen-bond donors (Lipinski definition) is 0. The summed E-state index contributed by atoms with van der Waals surface area (Å²) in [6, 6.07) is 9.48. The van der Waals surface area contributed by atoms with E-state index in [1.807, 2.05) is 25.1 Å². The van der Waals surface area contributed by atoms with Crippen LogP contribution in [-0.2, 0) is 16.6 Å². The van der Waals surface area contributed by atoms with E-state index in [0.717, 1.165) is 17.3 Å². The van der Waals surface area contributed by atoms with E-state index in [1.54, 1.807) is 6.26 Å². The SMILES string of the molecule is Cc1cc(CS(C)=O)cc(OCCCOc2cc(F)ccc2-c2nc(Cl)ncc2F)c1. The molecule has 0 aliphatic carbocycles. The number of rotatable bonds is 9. The van der Waals surface area contributed by atoms with E-state index in [1.165, 1.54) is 18.2 Å². The Bertz CT molecular complexity index is 1100. The molecule has 1 unspecified atom stereocenters. The minimum Gasteiger partial charge on any atom is -0.493 e. The van der Waals surface area contributed by atoms with Crippen LogP contribution in [-0.4, -0.2) is 33.6 Å². The van der Waals surface area contributed by atoms with Gasteiger partial charge in [-0.2, -0.15) is 0 Å². The number of nitrogens with zero attached hydrogens (tertiary/aromatic N) is 2. The number of hydrogen-bond acceptors (Lipinski definition) is 5. The highest BCUT2D eigenvalue weighted by molar-refractivity contribution is 7.83. The first kappa shape index (κ1) is 23.1. The van der Waals surface area contributed by atoms with E-state index in [2.05, 4.69) is 9.97 Å². The molecule has 0 aliphatic rings. The number of benzene rings is 2. The van der Waals surface area contributed by atoms with Crippen molar-refractivity contribution in [3.8, 4) is 22.8 Å². The van der Waals surface area contributed by atoms with Gasteiger partial charge < -0.3 is 9.47 Å². The van der Waals surface area contributed by atoms with Gasteiger partial charge in [-0.1, -0.05) is 6.07 Å². The Morgan fingerprint density at radius 2 is 1.87 bits per heavy atom. The summed E-state index contributed by atoms with van der Waals surface area (Å²) >= 11 is 5.77. The van der Waals surface area contributed by atoms with Crippen molar-refractivity contribution in [1.29, 1.82) is 0 Å². The second-order valence-corrected chi connectivity index (χ2v) is 8.67. The molecule has 0 saturated heterocycles. The van der Waals surface area contributed by atoms with Gasteiger partial charge in [0.1, 0.15) is 23.0 Å². The summed E-state index contributed by atoms with van der Waals surface area (Å²) in [5, 5.41) is -0.121. The Labute approximate surface area is 186 Å². The number of halogens is 3. The summed E-state index contributed by atoms with van der Waals surface area (Å²) in [6.45, 7) is 2.52. The summed E-state index contributed by atoms with van der Waals surface area (Å²) < 4.78 is 50.8. The fourth-order valence-electron chi connectivity index (χ4n) is 3.00. The number of aromatic nitrogens is 2. The second-order valence-electron chi connectivity index (χ2n) is 6.90. The summed E-state index contributed by atoms with van der Waals surface area (Å²) in [5.74, 6) is 0.0952. The third-order valence-electron chi connectivity index (χ3n) is 4.21. The molecule has 0 N–H and O–H groups in total. The molecule has 0 spiro atoms. The highest BCUT2D eigenvalue weighted by Crippen LogP contribution is 2.31. The molecular weight excluding hydrogens is 446 g/mol. The molecule has 5 nitrogen and oxygen atoms in total. The Hall–Kier alpha value is -2.58. The van der Waals surface area contributed by atoms with Gasteiger partial charge in [0.2, 0.25) is 5.28 Å². The largest absolute Gasteiger partial charge is 0.493 e. The van der Waals surface area contributed by atoms with Gasteiger partial charge in [-0.15, -0.1) is 0 Å². The van der Waals surface area contributed by atoms with E-state index in [9.17, 15) is 13.0 Å². The normalized spacial score (nSPS) is 11.9. The van der Waals surface area contributed by atoms with Crippen LogP contribution in [0.1, 0.15) is 17.5 Å². The third-order valence-corrected chi connectivity index (χ3v) is 5.13. The van der Waals surface area contributed by atoms with Gasteiger partial charge >= 0.3 is 0 Å². The van der Waals surface area contributed by atoms with Crippen molar-refractivity contribution in [2.24, 2.45) is 0 Å². The van der Waals surface area contributed by atoms with Crippen LogP contribution in [0.15, 0.2) is 42.6 Å². The van der Waals surface area contributed by atoms with Gasteiger partial charge in [-0.25, -0.2) is 18.7 Å². The zero-order chi connectivity index (χ0) is 22.4. The fraction of sp³-hybridized carbons (Fsp3) is 0.273. The van der Waals surface area contributed by atoms with Gasteiger partial charge in [0.25, 0.3) is 0 Å². The van der Waals surface area contributed by atoms with Crippen LogP contribution in [0.3, 0.4) is 0 Å². The van der Waals surface area contributed by atoms with Gasteiger partial charge in [-0.3, -0.25) is 4.21 Å². The molecular formula is C22H21ClF2N2O3S. The lowest BCUT2D eigenvalue weighted by molar-refractivity contribution is 0.247. The van der Waals surface area contributed by atoms with Gasteiger partial charge in [0, 0.05) is 40.9 Å². The lowest BCUT2D eigenvalue weighted by Gasteiger charge is -2.13. The molecule has 164 valence electrons. The molecule has 0 amide bonds. The van der Waals surface area contributed by atoms with Crippen molar-refractivity contribution < 1.29 is 22.5 Å². The Morgan fingerprint density at radius 1 is 1.10 bits per heavy atom. The first-order chi connectivity index (χ1) is 14.8. The monoisotopic (exact) mass is 466 g/mol. The quantitative estimate of drug-likeness (QED) is 0.324. The lowest BCUT2D eigenvalue weighted by Crippen LogP contribution is -2.07. The van der Waals surface area contributed by atoms with Crippen molar-refractivity contribution in [1.82, 2.24) is 9.97 Å². The van der Waals surface area contributed by atoms with E-state index >= 15 is 0 Å². The van der Waals surface area contributed by atoms with Crippen LogP contribution >= 0.6 is 11.6 Å². The zero-order valence-electron chi connectivity index (χ0n) is 17.0. The second kappa shape index (κ2) is 10.6. The Morgan fingerprint density at radius 3 is 2.65 bits per heavy atom. The maximum absolute atomic E-state index is 14.1. The van der Waals surface area contributed by atoms with Crippen LogP contribution in [0, 0.1) is 18.6 Å². The molecule has 9 heteroatoms. The Balaban J connectivity index is 1.62. The maximum atomic E-state index is 14.1. The first-order valence-corrected chi connectivity index (χ1v) is 11.6. The molecule has 0 aliphatic heterocycles. The molecule has 1 atom stereocenters. The highest BCUT2D eigenvalue weighted by Gasteiger charge is 2.15. The summed E-state index contributed by atoms with van der Waals surface area (Å²) in [6.07, 6.45) is 3.12. The van der Waals surface area contributed by atoms with Crippen LogP contribution < -0.4 is 9.47 Å². The standard InChI is InChI=1S/C22H21ClF2N2O3S/c1-14-8-15(13-31(2)28)10-17(9-14)29-6-3-7-30-20-11-16(24)4-5-18(20)21-19(25)12-26-22(23)27-21/h4-5,8-12H,3,6-7,13H2,1-2H3. The number of aryl methyl sites for hydroxylation is 1. The average molecular weight is 467 g/mol. The topological polar surface area (TPSA) is 61.3 Å². The van der Waals surface area contributed by atoms with Crippen molar-refractivity contribution in [3.63, 3.8) is 0 Å². The van der Waals surface area contributed by atoms with E-state index < -0.39 is 22.4 Å². The van der Waals surface area contributed by atoms with Gasteiger partial charge in [-0.05, 0) is 53.9 Å². The Kier molecular flexibility index (Phi) is 7.92. The molecule has 0 radical (unpaired) electrons. The van der Waals surface area contributed by atoms with Gasteiger partial charge in [0.15, 0.2) is 5.82 Å².